The number of carbonyl (C=O) groups is 1. The molecule has 108 valence electrons. The van der Waals surface area contributed by atoms with Crippen LogP contribution in [0.2, 0.25) is 0 Å². The topological polar surface area (TPSA) is 32.3 Å². The molecule has 1 heterocycles. The van der Waals surface area contributed by atoms with Gasteiger partial charge in [0.25, 0.3) is 5.91 Å². The minimum Gasteiger partial charge on any atom is -0.311 e. The van der Waals surface area contributed by atoms with E-state index in [2.05, 4.69) is 11.4 Å². The summed E-state index contributed by atoms with van der Waals surface area (Å²) in [7, 11) is 0. The lowest BCUT2D eigenvalue weighted by molar-refractivity contribution is 0.0985. The van der Waals surface area contributed by atoms with Crippen LogP contribution in [0.5, 0.6) is 0 Å². The van der Waals surface area contributed by atoms with Crippen molar-refractivity contribution in [2.45, 2.75) is 11.4 Å². The highest BCUT2D eigenvalue weighted by atomic mass is 32.2. The second kappa shape index (κ2) is 6.33. The Balaban J connectivity index is 2.01. The van der Waals surface area contributed by atoms with Gasteiger partial charge in [-0.05, 0) is 30.0 Å². The van der Waals surface area contributed by atoms with E-state index in [0.29, 0.717) is 6.54 Å². The van der Waals surface area contributed by atoms with E-state index in [1.54, 1.807) is 11.8 Å². The average Bonchev–Trinajstić information content (AvgIpc) is 2.76. The van der Waals surface area contributed by atoms with Crippen molar-refractivity contribution in [3.05, 3.63) is 59.7 Å². The van der Waals surface area contributed by atoms with Gasteiger partial charge >= 0.3 is 0 Å². The van der Waals surface area contributed by atoms with Crippen LogP contribution in [-0.2, 0) is 6.54 Å². The van der Waals surface area contributed by atoms with Crippen LogP contribution in [0.4, 0.5) is 5.69 Å². The normalized spacial score (nSPS) is 14.4. The number of hydrogen-bond donors (Lipinski definition) is 1. The van der Waals surface area contributed by atoms with Gasteiger partial charge in [0, 0.05) is 30.2 Å². The molecular formula is C17H18N2OS. The molecule has 1 aliphatic rings. The monoisotopic (exact) mass is 298 g/mol. The highest BCUT2D eigenvalue weighted by Gasteiger charge is 2.23. The number of nitrogens with zero attached hydrogens (tertiary/aromatic N) is 1. The molecule has 4 heteroatoms. The first-order valence-corrected chi connectivity index (χ1v) is 8.27. The van der Waals surface area contributed by atoms with Crippen LogP contribution >= 0.6 is 11.8 Å². The number of thioether (sulfide) groups is 1. The molecule has 3 nitrogen and oxygen atoms in total. The number of fused-ring (bicyclic) bond motifs is 1. The van der Waals surface area contributed by atoms with E-state index in [-0.39, 0.29) is 5.91 Å². The summed E-state index contributed by atoms with van der Waals surface area (Å²) in [5, 5.41) is 3.37. The van der Waals surface area contributed by atoms with E-state index < -0.39 is 0 Å². The van der Waals surface area contributed by atoms with Crippen LogP contribution < -0.4 is 10.2 Å². The Morgan fingerprint density at radius 1 is 1.14 bits per heavy atom. The predicted molar refractivity (Wildman–Crippen MR) is 88.0 cm³/mol. The summed E-state index contributed by atoms with van der Waals surface area (Å²) in [6.07, 6.45) is 2.00. The highest BCUT2D eigenvalue weighted by Crippen LogP contribution is 2.27. The summed E-state index contributed by atoms with van der Waals surface area (Å²) >= 11 is 1.61. The third-order valence-electron chi connectivity index (χ3n) is 3.69. The van der Waals surface area contributed by atoms with Gasteiger partial charge < -0.3 is 10.2 Å². The number of benzene rings is 2. The summed E-state index contributed by atoms with van der Waals surface area (Å²) in [6, 6.07) is 15.9. The maximum Gasteiger partial charge on any atom is 0.259 e. The van der Waals surface area contributed by atoms with Gasteiger partial charge in [0.2, 0.25) is 0 Å². The molecule has 0 bridgehead atoms. The Hall–Kier alpha value is -1.78. The minimum atomic E-state index is 0.0797. The number of amides is 1. The van der Waals surface area contributed by atoms with E-state index in [1.807, 2.05) is 53.6 Å². The Morgan fingerprint density at radius 2 is 1.90 bits per heavy atom. The van der Waals surface area contributed by atoms with Crippen molar-refractivity contribution in [1.82, 2.24) is 5.32 Å². The zero-order valence-electron chi connectivity index (χ0n) is 12.0. The SMILES string of the molecule is CSc1ccccc1C(=O)N1CCNCc2ccccc21. The molecule has 3 rings (SSSR count). The standard InChI is InChI=1S/C17H18N2OS/c1-21-16-9-5-3-7-14(16)17(20)19-11-10-18-12-13-6-2-4-8-15(13)19/h2-9,18H,10-12H2,1H3. The summed E-state index contributed by atoms with van der Waals surface area (Å²) in [5.41, 5.74) is 2.97. The first-order chi connectivity index (χ1) is 10.3. The van der Waals surface area contributed by atoms with Gasteiger partial charge in [-0.2, -0.15) is 0 Å². The molecule has 2 aromatic rings. The Labute approximate surface area is 129 Å². The summed E-state index contributed by atoms with van der Waals surface area (Å²) in [5.74, 6) is 0.0797. The predicted octanol–water partition coefficient (Wildman–Crippen LogP) is 3.16. The lowest BCUT2D eigenvalue weighted by atomic mass is 10.1. The van der Waals surface area contributed by atoms with Gasteiger partial charge in [-0.15, -0.1) is 11.8 Å². The lowest BCUT2D eigenvalue weighted by Gasteiger charge is -2.23. The smallest absolute Gasteiger partial charge is 0.259 e. The quantitative estimate of drug-likeness (QED) is 0.864. The van der Waals surface area contributed by atoms with Crippen molar-refractivity contribution in [2.75, 3.05) is 24.2 Å². The molecule has 0 aliphatic carbocycles. The fraction of sp³-hybridized carbons (Fsp3) is 0.235. The van der Waals surface area contributed by atoms with Crippen LogP contribution in [0.25, 0.3) is 0 Å². The van der Waals surface area contributed by atoms with Gasteiger partial charge in [0.1, 0.15) is 0 Å². The summed E-state index contributed by atoms with van der Waals surface area (Å²) < 4.78 is 0. The second-order valence-electron chi connectivity index (χ2n) is 4.96. The van der Waals surface area contributed by atoms with Crippen LogP contribution in [0, 0.1) is 0 Å². The molecule has 2 aromatic carbocycles. The lowest BCUT2D eigenvalue weighted by Crippen LogP contribution is -2.35. The van der Waals surface area contributed by atoms with Gasteiger partial charge in [0.15, 0.2) is 0 Å². The maximum absolute atomic E-state index is 13.0. The largest absolute Gasteiger partial charge is 0.311 e. The first-order valence-electron chi connectivity index (χ1n) is 7.05. The molecule has 0 aromatic heterocycles. The fourth-order valence-electron chi connectivity index (χ4n) is 2.64. The molecule has 0 fully saturated rings. The van der Waals surface area contributed by atoms with Gasteiger partial charge in [-0.25, -0.2) is 0 Å². The van der Waals surface area contributed by atoms with Crippen molar-refractivity contribution < 1.29 is 4.79 Å². The first kappa shape index (κ1) is 14.2. The van der Waals surface area contributed by atoms with E-state index in [4.69, 9.17) is 0 Å². The average molecular weight is 298 g/mol. The molecule has 0 radical (unpaired) electrons. The van der Waals surface area contributed by atoms with E-state index in [9.17, 15) is 4.79 Å². The molecule has 1 amide bonds. The zero-order valence-corrected chi connectivity index (χ0v) is 12.8. The molecule has 0 saturated heterocycles. The third kappa shape index (κ3) is 2.82. The number of rotatable bonds is 2. The second-order valence-corrected chi connectivity index (χ2v) is 5.81. The number of hydrogen-bond acceptors (Lipinski definition) is 3. The molecule has 21 heavy (non-hydrogen) atoms. The highest BCUT2D eigenvalue weighted by molar-refractivity contribution is 7.98. The number of anilines is 1. The number of nitrogens with one attached hydrogen (secondary N) is 1. The van der Waals surface area contributed by atoms with Gasteiger partial charge in [0.05, 0.1) is 5.56 Å². The Morgan fingerprint density at radius 3 is 2.76 bits per heavy atom. The molecule has 0 unspecified atom stereocenters. The minimum absolute atomic E-state index is 0.0797. The van der Waals surface area contributed by atoms with E-state index in [1.165, 1.54) is 5.56 Å². The molecule has 0 atom stereocenters. The number of para-hydroxylation sites is 1. The molecule has 1 aliphatic heterocycles. The van der Waals surface area contributed by atoms with Crippen molar-refractivity contribution >= 4 is 23.4 Å². The maximum atomic E-state index is 13.0. The van der Waals surface area contributed by atoms with Gasteiger partial charge in [-0.1, -0.05) is 30.3 Å². The molecule has 1 N–H and O–H groups in total. The molecule has 0 spiro atoms. The fourth-order valence-corrected chi connectivity index (χ4v) is 3.23. The zero-order chi connectivity index (χ0) is 14.7. The van der Waals surface area contributed by atoms with Crippen LogP contribution in [0.15, 0.2) is 53.4 Å². The van der Waals surface area contributed by atoms with Crippen LogP contribution in [0.1, 0.15) is 15.9 Å². The van der Waals surface area contributed by atoms with Crippen molar-refractivity contribution in [1.29, 1.82) is 0 Å². The van der Waals surface area contributed by atoms with Crippen molar-refractivity contribution in [2.24, 2.45) is 0 Å². The van der Waals surface area contributed by atoms with E-state index >= 15 is 0 Å². The van der Waals surface area contributed by atoms with Crippen LogP contribution in [0.3, 0.4) is 0 Å². The molecule has 0 saturated carbocycles. The number of carbonyl (C=O) groups excluding carboxylic acids is 1. The Bertz CT molecular complexity index is 657. The molecular weight excluding hydrogens is 280 g/mol. The van der Waals surface area contributed by atoms with Gasteiger partial charge in [-0.3, -0.25) is 4.79 Å². The summed E-state index contributed by atoms with van der Waals surface area (Å²) in [4.78, 5) is 15.9. The Kier molecular flexibility index (Phi) is 4.27. The van der Waals surface area contributed by atoms with Crippen molar-refractivity contribution in [3.63, 3.8) is 0 Å². The summed E-state index contributed by atoms with van der Waals surface area (Å²) in [6.45, 7) is 2.31. The van der Waals surface area contributed by atoms with E-state index in [0.717, 1.165) is 29.2 Å². The third-order valence-corrected chi connectivity index (χ3v) is 4.49. The van der Waals surface area contributed by atoms with Crippen molar-refractivity contribution in [3.8, 4) is 0 Å². The van der Waals surface area contributed by atoms with Crippen LogP contribution in [-0.4, -0.2) is 25.3 Å².